The number of rotatable bonds is 3. The summed E-state index contributed by atoms with van der Waals surface area (Å²) in [5.74, 6) is 3.07. The zero-order valence-corrected chi connectivity index (χ0v) is 14.5. The van der Waals surface area contributed by atoms with Crippen molar-refractivity contribution < 1.29 is 14.6 Å². The molecule has 0 bridgehead atoms. The summed E-state index contributed by atoms with van der Waals surface area (Å²) in [6.45, 7) is -0.250. The van der Waals surface area contributed by atoms with Gasteiger partial charge >= 0.3 is 0 Å². The van der Waals surface area contributed by atoms with E-state index in [1.165, 1.54) is 83.5 Å². The lowest BCUT2D eigenvalue weighted by Crippen LogP contribution is -2.33. The van der Waals surface area contributed by atoms with E-state index >= 15 is 0 Å². The SMILES string of the molecule is C1CCC(CC2CCC(C34CCCCC3O4)CC2)CC1.O=CO. The minimum atomic E-state index is -0.250. The summed E-state index contributed by atoms with van der Waals surface area (Å²) >= 11 is 0. The topological polar surface area (TPSA) is 49.8 Å². The number of hydrogen-bond acceptors (Lipinski definition) is 2. The molecule has 0 aromatic rings. The van der Waals surface area contributed by atoms with E-state index in [0.29, 0.717) is 11.7 Å². The van der Waals surface area contributed by atoms with Gasteiger partial charge in [-0.05, 0) is 49.9 Å². The Kier molecular flexibility index (Phi) is 6.01. The van der Waals surface area contributed by atoms with Gasteiger partial charge in [0.15, 0.2) is 0 Å². The Morgan fingerprint density at radius 1 is 0.870 bits per heavy atom. The van der Waals surface area contributed by atoms with Gasteiger partial charge in [-0.3, -0.25) is 4.79 Å². The minimum Gasteiger partial charge on any atom is -0.483 e. The minimum absolute atomic E-state index is 0.250. The number of carboxylic acid groups (broad SMARTS) is 1. The van der Waals surface area contributed by atoms with Crippen LogP contribution in [0, 0.1) is 17.8 Å². The van der Waals surface area contributed by atoms with E-state index in [0.717, 1.165) is 17.8 Å². The largest absolute Gasteiger partial charge is 0.483 e. The van der Waals surface area contributed by atoms with Crippen molar-refractivity contribution in [1.82, 2.24) is 0 Å². The lowest BCUT2D eigenvalue weighted by molar-refractivity contribution is -0.122. The number of ether oxygens (including phenoxy) is 1. The van der Waals surface area contributed by atoms with Gasteiger partial charge in [0.1, 0.15) is 0 Å². The first-order valence-corrected chi connectivity index (χ1v) is 10.0. The highest BCUT2D eigenvalue weighted by molar-refractivity contribution is 5.32. The average Bonchev–Trinajstić information content (AvgIpc) is 3.33. The van der Waals surface area contributed by atoms with E-state index in [-0.39, 0.29) is 6.47 Å². The highest BCUT2D eigenvalue weighted by Crippen LogP contribution is 2.56. The molecule has 0 aromatic heterocycles. The number of carbonyl (C=O) groups is 1. The maximum Gasteiger partial charge on any atom is 0.290 e. The van der Waals surface area contributed by atoms with Crippen LogP contribution in [0.25, 0.3) is 0 Å². The Bertz CT molecular complexity index is 369. The Balaban J connectivity index is 0.000000485. The molecule has 0 aromatic carbocycles. The fourth-order valence-corrected chi connectivity index (χ4v) is 5.83. The molecule has 3 nitrogen and oxygen atoms in total. The van der Waals surface area contributed by atoms with Crippen LogP contribution < -0.4 is 0 Å². The number of epoxide rings is 1. The summed E-state index contributed by atoms with van der Waals surface area (Å²) in [5.41, 5.74) is 0.397. The third-order valence-corrected chi connectivity index (χ3v) is 7.06. The first kappa shape index (κ1) is 17.3. The van der Waals surface area contributed by atoms with Gasteiger partial charge in [-0.25, -0.2) is 0 Å². The van der Waals surface area contributed by atoms with Gasteiger partial charge in [0.25, 0.3) is 6.47 Å². The van der Waals surface area contributed by atoms with Crippen LogP contribution in [0.4, 0.5) is 0 Å². The van der Waals surface area contributed by atoms with Crippen LogP contribution in [-0.2, 0) is 9.53 Å². The van der Waals surface area contributed by atoms with Crippen molar-refractivity contribution in [3.63, 3.8) is 0 Å². The quantitative estimate of drug-likeness (QED) is 0.575. The van der Waals surface area contributed by atoms with E-state index in [1.54, 1.807) is 6.42 Å². The maximum absolute atomic E-state index is 8.36. The van der Waals surface area contributed by atoms with E-state index in [2.05, 4.69) is 0 Å². The van der Waals surface area contributed by atoms with Crippen LogP contribution in [0.3, 0.4) is 0 Å². The van der Waals surface area contributed by atoms with Crippen LogP contribution in [0.1, 0.15) is 89.9 Å². The summed E-state index contributed by atoms with van der Waals surface area (Å²) in [6.07, 6.45) is 21.4. The van der Waals surface area contributed by atoms with E-state index in [4.69, 9.17) is 14.6 Å². The van der Waals surface area contributed by atoms with Gasteiger partial charge < -0.3 is 9.84 Å². The molecule has 4 rings (SSSR count). The van der Waals surface area contributed by atoms with Crippen molar-refractivity contribution >= 4 is 6.47 Å². The molecule has 3 saturated carbocycles. The summed E-state index contributed by atoms with van der Waals surface area (Å²) in [5, 5.41) is 6.89. The Labute approximate surface area is 141 Å². The Morgan fingerprint density at radius 2 is 1.48 bits per heavy atom. The van der Waals surface area contributed by atoms with E-state index in [1.807, 2.05) is 0 Å². The zero-order chi connectivity index (χ0) is 16.1. The summed E-state index contributed by atoms with van der Waals surface area (Å²) in [7, 11) is 0. The molecular formula is C20H34O3. The van der Waals surface area contributed by atoms with Crippen LogP contribution in [-0.4, -0.2) is 23.3 Å². The normalized spacial score (nSPS) is 40.4. The number of hydrogen-bond donors (Lipinski definition) is 1. The molecule has 2 unspecified atom stereocenters. The van der Waals surface area contributed by atoms with Gasteiger partial charge in [0, 0.05) is 0 Å². The summed E-state index contributed by atoms with van der Waals surface area (Å²) in [4.78, 5) is 8.36. The highest BCUT2D eigenvalue weighted by atomic mass is 16.6. The van der Waals surface area contributed by atoms with Gasteiger partial charge in [-0.15, -0.1) is 0 Å². The van der Waals surface area contributed by atoms with Gasteiger partial charge in [-0.1, -0.05) is 57.8 Å². The number of fused-ring (bicyclic) bond motifs is 1. The van der Waals surface area contributed by atoms with Crippen LogP contribution in [0.15, 0.2) is 0 Å². The molecule has 2 atom stereocenters. The summed E-state index contributed by atoms with van der Waals surface area (Å²) in [6, 6.07) is 0. The fraction of sp³-hybridized carbons (Fsp3) is 0.950. The monoisotopic (exact) mass is 322 g/mol. The van der Waals surface area contributed by atoms with Gasteiger partial charge in [0.2, 0.25) is 0 Å². The van der Waals surface area contributed by atoms with Crippen molar-refractivity contribution in [3.8, 4) is 0 Å². The van der Waals surface area contributed by atoms with E-state index < -0.39 is 0 Å². The highest BCUT2D eigenvalue weighted by Gasteiger charge is 2.61. The molecule has 0 spiro atoms. The van der Waals surface area contributed by atoms with Gasteiger partial charge in [0.05, 0.1) is 11.7 Å². The molecular weight excluding hydrogens is 288 g/mol. The first-order chi connectivity index (χ1) is 11.3. The van der Waals surface area contributed by atoms with Crippen molar-refractivity contribution in [1.29, 1.82) is 0 Å². The third kappa shape index (κ3) is 4.10. The molecule has 4 aliphatic rings. The standard InChI is InChI=1S/C19H32O.CH2O2/c1-2-6-15(7-3-1)14-16-9-11-17(12-10-16)19-13-5-4-8-18(19)20-19;2-1-3/h15-18H,1-14H2;1H,(H,2,3). The molecule has 1 aliphatic heterocycles. The lowest BCUT2D eigenvalue weighted by Gasteiger charge is -2.35. The Hall–Kier alpha value is -0.570. The lowest BCUT2D eigenvalue weighted by atomic mass is 9.68. The fourth-order valence-electron chi connectivity index (χ4n) is 5.83. The van der Waals surface area contributed by atoms with Gasteiger partial charge in [-0.2, -0.15) is 0 Å². The molecule has 0 radical (unpaired) electrons. The maximum atomic E-state index is 8.36. The molecule has 23 heavy (non-hydrogen) atoms. The van der Waals surface area contributed by atoms with Crippen LogP contribution >= 0.6 is 0 Å². The first-order valence-electron chi connectivity index (χ1n) is 10.0. The van der Waals surface area contributed by atoms with Crippen molar-refractivity contribution in [2.45, 2.75) is 102 Å². The molecule has 1 heterocycles. The van der Waals surface area contributed by atoms with E-state index in [9.17, 15) is 0 Å². The second-order valence-electron chi connectivity index (χ2n) is 8.37. The summed E-state index contributed by atoms with van der Waals surface area (Å²) < 4.78 is 6.19. The molecule has 3 aliphatic carbocycles. The molecule has 0 amide bonds. The molecule has 1 saturated heterocycles. The zero-order valence-electron chi connectivity index (χ0n) is 14.5. The molecule has 132 valence electrons. The van der Waals surface area contributed by atoms with Crippen LogP contribution in [0.2, 0.25) is 0 Å². The second kappa shape index (κ2) is 8.00. The predicted molar refractivity (Wildman–Crippen MR) is 91.4 cm³/mol. The smallest absolute Gasteiger partial charge is 0.290 e. The van der Waals surface area contributed by atoms with Crippen LogP contribution in [0.5, 0.6) is 0 Å². The Morgan fingerprint density at radius 3 is 2.13 bits per heavy atom. The average molecular weight is 322 g/mol. The van der Waals surface area contributed by atoms with Crippen molar-refractivity contribution in [2.24, 2.45) is 17.8 Å². The predicted octanol–water partition coefficient (Wildman–Crippen LogP) is 5.18. The molecule has 1 N–H and O–H groups in total. The molecule has 3 heteroatoms. The third-order valence-electron chi connectivity index (χ3n) is 7.06. The second-order valence-corrected chi connectivity index (χ2v) is 8.37. The molecule has 4 fully saturated rings. The van der Waals surface area contributed by atoms with Crippen molar-refractivity contribution in [3.05, 3.63) is 0 Å². The van der Waals surface area contributed by atoms with Crippen molar-refractivity contribution in [2.75, 3.05) is 0 Å².